The molecule has 0 bridgehead atoms. The van der Waals surface area contributed by atoms with Gasteiger partial charge in [0, 0.05) is 19.6 Å². The normalized spacial score (nSPS) is 11.1. The number of esters is 1. The first-order valence-electron chi connectivity index (χ1n) is 8.35. The van der Waals surface area contributed by atoms with Crippen molar-refractivity contribution in [2.75, 3.05) is 26.7 Å². The van der Waals surface area contributed by atoms with Crippen molar-refractivity contribution in [3.8, 4) is 0 Å². The molecule has 0 heterocycles. The predicted molar refractivity (Wildman–Crippen MR) is 108 cm³/mol. The monoisotopic (exact) mass is 412 g/mol. The summed E-state index contributed by atoms with van der Waals surface area (Å²) in [6.07, 6.45) is 0.613. The number of nitrogens with zero attached hydrogens (tertiary/aromatic N) is 1. The van der Waals surface area contributed by atoms with Crippen LogP contribution in [0.5, 0.6) is 0 Å². The van der Waals surface area contributed by atoms with Gasteiger partial charge in [-0.1, -0.05) is 42.5 Å². The van der Waals surface area contributed by atoms with E-state index < -0.39 is 16.0 Å². The summed E-state index contributed by atoms with van der Waals surface area (Å²) in [6.45, 7) is 0.863. The van der Waals surface area contributed by atoms with Crippen LogP contribution in [0.25, 0.3) is 0 Å². The van der Waals surface area contributed by atoms with Gasteiger partial charge in [0.1, 0.15) is 0 Å². The van der Waals surface area contributed by atoms with E-state index in [-0.39, 0.29) is 31.2 Å². The predicted octanol–water partition coefficient (Wildman–Crippen LogP) is 2.23. The quantitative estimate of drug-likeness (QED) is 0.638. The maximum atomic E-state index is 12.8. The van der Waals surface area contributed by atoms with Crippen molar-refractivity contribution in [3.05, 3.63) is 71.3 Å². The lowest BCUT2D eigenvalue weighted by Gasteiger charge is -2.21. The second-order valence-electron chi connectivity index (χ2n) is 5.87. The third-order valence-corrected chi connectivity index (χ3v) is 5.81. The zero-order valence-corrected chi connectivity index (χ0v) is 16.8. The van der Waals surface area contributed by atoms with Gasteiger partial charge in [-0.05, 0) is 29.7 Å². The van der Waals surface area contributed by atoms with Crippen molar-refractivity contribution in [1.29, 1.82) is 0 Å². The topological polar surface area (TPSA) is 89.7 Å². The molecule has 6 nitrogen and oxygen atoms in total. The van der Waals surface area contributed by atoms with Crippen molar-refractivity contribution >= 4 is 28.4 Å². The molecule has 0 saturated carbocycles. The van der Waals surface area contributed by atoms with Crippen LogP contribution in [0.2, 0.25) is 0 Å². The Hall–Kier alpha value is -1.93. The number of carbonyl (C=O) groups excluding carboxylic acids is 1. The zero-order valence-electron chi connectivity index (χ0n) is 15.2. The fraction of sp³-hybridized carbons (Fsp3) is 0.316. The van der Waals surface area contributed by atoms with Gasteiger partial charge >= 0.3 is 5.97 Å². The van der Waals surface area contributed by atoms with Crippen LogP contribution in [-0.2, 0) is 26.9 Å². The van der Waals surface area contributed by atoms with E-state index in [1.54, 1.807) is 24.3 Å². The van der Waals surface area contributed by atoms with Crippen molar-refractivity contribution in [2.24, 2.45) is 5.73 Å². The molecule has 2 aromatic carbocycles. The van der Waals surface area contributed by atoms with Crippen molar-refractivity contribution in [2.45, 2.75) is 12.2 Å². The van der Waals surface area contributed by atoms with Gasteiger partial charge in [-0.25, -0.2) is 17.5 Å². The van der Waals surface area contributed by atoms with Gasteiger partial charge in [-0.2, -0.15) is 0 Å². The lowest BCUT2D eigenvalue weighted by molar-refractivity contribution is 0.0600. The number of halogens is 1. The van der Waals surface area contributed by atoms with Crippen LogP contribution in [0, 0.1) is 0 Å². The van der Waals surface area contributed by atoms with Gasteiger partial charge in [0.25, 0.3) is 0 Å². The van der Waals surface area contributed by atoms with E-state index in [1.165, 1.54) is 11.4 Å². The zero-order chi connectivity index (χ0) is 19.0. The summed E-state index contributed by atoms with van der Waals surface area (Å²) in [4.78, 5) is 11.6. The third-order valence-electron chi connectivity index (χ3n) is 3.96. The molecule has 2 rings (SSSR count). The maximum absolute atomic E-state index is 12.8. The molecule has 2 aromatic rings. The van der Waals surface area contributed by atoms with Gasteiger partial charge in [0.2, 0.25) is 10.0 Å². The molecule has 0 amide bonds. The molecule has 0 aliphatic heterocycles. The summed E-state index contributed by atoms with van der Waals surface area (Å²) < 4.78 is 31.7. The molecule has 8 heteroatoms. The number of methoxy groups -OCH3 is 1. The molecule has 0 unspecified atom stereocenters. The average molecular weight is 413 g/mol. The largest absolute Gasteiger partial charge is 0.465 e. The van der Waals surface area contributed by atoms with Crippen LogP contribution in [0.15, 0.2) is 54.6 Å². The van der Waals surface area contributed by atoms with E-state index in [1.807, 2.05) is 30.3 Å². The fourth-order valence-corrected chi connectivity index (χ4v) is 4.18. The molecule has 0 fully saturated rings. The lowest BCUT2D eigenvalue weighted by Crippen LogP contribution is -2.37. The Kier molecular flexibility index (Phi) is 9.45. The summed E-state index contributed by atoms with van der Waals surface area (Å²) in [5, 5.41) is 0. The van der Waals surface area contributed by atoms with E-state index in [0.29, 0.717) is 24.1 Å². The number of hydrogen-bond acceptors (Lipinski definition) is 5. The summed E-state index contributed by atoms with van der Waals surface area (Å²) in [7, 11) is -2.27. The van der Waals surface area contributed by atoms with E-state index in [2.05, 4.69) is 4.74 Å². The summed E-state index contributed by atoms with van der Waals surface area (Å²) in [5.41, 5.74) is 7.54. The van der Waals surface area contributed by atoms with E-state index in [9.17, 15) is 13.2 Å². The molecular formula is C19H25ClN2O4S. The molecule has 0 atom stereocenters. The molecule has 0 aliphatic rings. The minimum atomic E-state index is -3.56. The van der Waals surface area contributed by atoms with Crippen LogP contribution in [0.1, 0.15) is 21.5 Å². The van der Waals surface area contributed by atoms with Gasteiger partial charge in [0.15, 0.2) is 0 Å². The van der Waals surface area contributed by atoms with Gasteiger partial charge in [0.05, 0.1) is 18.4 Å². The second kappa shape index (κ2) is 11.0. The lowest BCUT2D eigenvalue weighted by atomic mass is 10.1. The average Bonchev–Trinajstić information content (AvgIpc) is 2.65. The smallest absolute Gasteiger partial charge is 0.337 e. The van der Waals surface area contributed by atoms with E-state index in [0.717, 1.165) is 5.56 Å². The van der Waals surface area contributed by atoms with Crippen LogP contribution in [0.4, 0.5) is 0 Å². The molecular weight excluding hydrogens is 388 g/mol. The van der Waals surface area contributed by atoms with Crippen LogP contribution in [0.3, 0.4) is 0 Å². The van der Waals surface area contributed by atoms with E-state index in [4.69, 9.17) is 5.73 Å². The molecule has 0 radical (unpaired) electrons. The minimum Gasteiger partial charge on any atom is -0.465 e. The SMILES string of the molecule is COC(=O)c1cccc(CS(=O)(=O)N(CCN)CCc2ccccc2)c1.Cl. The molecule has 0 spiro atoms. The van der Waals surface area contributed by atoms with Crippen LogP contribution < -0.4 is 5.73 Å². The first kappa shape index (κ1) is 23.1. The Morgan fingerprint density at radius 3 is 2.33 bits per heavy atom. The van der Waals surface area contributed by atoms with Gasteiger partial charge in [-0.15, -0.1) is 12.4 Å². The number of benzene rings is 2. The Bertz CT molecular complexity index is 829. The number of hydrogen-bond donors (Lipinski definition) is 1. The highest BCUT2D eigenvalue weighted by molar-refractivity contribution is 7.88. The van der Waals surface area contributed by atoms with Gasteiger partial charge < -0.3 is 10.5 Å². The van der Waals surface area contributed by atoms with Gasteiger partial charge in [-0.3, -0.25) is 0 Å². The number of ether oxygens (including phenoxy) is 1. The Labute approximate surface area is 166 Å². The first-order valence-corrected chi connectivity index (χ1v) is 9.96. The molecule has 2 N–H and O–H groups in total. The minimum absolute atomic E-state index is 0. The van der Waals surface area contributed by atoms with Crippen LogP contribution in [-0.4, -0.2) is 45.4 Å². The van der Waals surface area contributed by atoms with Crippen molar-refractivity contribution < 1.29 is 17.9 Å². The van der Waals surface area contributed by atoms with E-state index >= 15 is 0 Å². The number of sulfonamides is 1. The van der Waals surface area contributed by atoms with Crippen molar-refractivity contribution in [3.63, 3.8) is 0 Å². The van der Waals surface area contributed by atoms with Crippen LogP contribution >= 0.6 is 12.4 Å². The number of carbonyl (C=O) groups is 1. The number of nitrogens with two attached hydrogens (primary N) is 1. The second-order valence-corrected chi connectivity index (χ2v) is 7.84. The maximum Gasteiger partial charge on any atom is 0.337 e. The number of rotatable bonds is 9. The molecule has 148 valence electrons. The Morgan fingerprint density at radius 1 is 1.04 bits per heavy atom. The highest BCUT2D eigenvalue weighted by Gasteiger charge is 2.22. The summed E-state index contributed by atoms with van der Waals surface area (Å²) in [6, 6.07) is 16.2. The first-order chi connectivity index (χ1) is 12.5. The molecule has 0 aromatic heterocycles. The Balaban J connectivity index is 0.00000364. The molecule has 0 saturated heterocycles. The summed E-state index contributed by atoms with van der Waals surface area (Å²) >= 11 is 0. The molecule has 0 aliphatic carbocycles. The molecule has 27 heavy (non-hydrogen) atoms. The highest BCUT2D eigenvalue weighted by atomic mass is 35.5. The fourth-order valence-electron chi connectivity index (χ4n) is 2.64. The standard InChI is InChI=1S/C19H24N2O4S.ClH/c1-25-19(22)18-9-5-8-17(14-18)15-26(23,24)21(13-11-20)12-10-16-6-3-2-4-7-16;/h2-9,14H,10-13,15,20H2,1H3;1H. The highest BCUT2D eigenvalue weighted by Crippen LogP contribution is 2.14. The third kappa shape index (κ3) is 6.95. The summed E-state index contributed by atoms with van der Waals surface area (Å²) in [5.74, 6) is -0.681. The Morgan fingerprint density at radius 2 is 1.70 bits per heavy atom. The van der Waals surface area contributed by atoms with Crippen molar-refractivity contribution in [1.82, 2.24) is 4.31 Å².